The van der Waals surface area contributed by atoms with Crippen LogP contribution < -0.4 is 5.32 Å². The number of aliphatic hydroxyl groups excluding tert-OH is 1. The minimum Gasteiger partial charge on any atom is -0.394 e. The lowest BCUT2D eigenvalue weighted by Gasteiger charge is -2.23. The van der Waals surface area contributed by atoms with Crippen molar-refractivity contribution in [3.8, 4) is 0 Å². The highest BCUT2D eigenvalue weighted by Crippen LogP contribution is 2.22. The Hall–Kier alpha value is -1.66. The van der Waals surface area contributed by atoms with Gasteiger partial charge < -0.3 is 15.3 Å². The van der Waals surface area contributed by atoms with Gasteiger partial charge in [0.2, 0.25) is 0 Å². The maximum atomic E-state index is 12.1. The molecule has 22 heavy (non-hydrogen) atoms. The van der Waals surface area contributed by atoms with Crippen LogP contribution in [0.2, 0.25) is 0 Å². The van der Waals surface area contributed by atoms with E-state index in [1.807, 2.05) is 18.2 Å². The van der Waals surface area contributed by atoms with Gasteiger partial charge in [0, 0.05) is 19.5 Å². The van der Waals surface area contributed by atoms with E-state index in [0.29, 0.717) is 6.54 Å². The fourth-order valence-electron chi connectivity index (χ4n) is 2.86. The van der Waals surface area contributed by atoms with Crippen LogP contribution in [0.3, 0.4) is 0 Å². The molecule has 5 nitrogen and oxygen atoms in total. The zero-order valence-electron chi connectivity index (χ0n) is 12.5. The highest BCUT2D eigenvalue weighted by Gasteiger charge is 2.27. The van der Waals surface area contributed by atoms with Crippen molar-refractivity contribution in [3.63, 3.8) is 0 Å². The lowest BCUT2D eigenvalue weighted by atomic mass is 10.2. The number of carbonyl (C=O) groups is 1. The van der Waals surface area contributed by atoms with Gasteiger partial charge in [-0.1, -0.05) is 12.1 Å². The summed E-state index contributed by atoms with van der Waals surface area (Å²) in [6.07, 6.45) is 3.63. The molecular formula is C16H21N3O2S. The van der Waals surface area contributed by atoms with Crippen LogP contribution in [0.5, 0.6) is 0 Å². The van der Waals surface area contributed by atoms with Crippen LogP contribution in [0.1, 0.15) is 24.3 Å². The Kier molecular flexibility index (Phi) is 4.90. The molecule has 2 heterocycles. The molecule has 1 aliphatic rings. The minimum atomic E-state index is -0.0548. The number of urea groups is 1. The number of para-hydroxylation sites is 1. The first-order chi connectivity index (χ1) is 10.8. The standard InChI is InChI=1S/C16H21N3O2S/c20-11-12-5-4-10-19(12)16(21)17-9-3-8-15-18-13-6-1-2-7-14(13)22-15/h1-2,6-7,12,20H,3-5,8-11H2,(H,17,21). The van der Waals surface area contributed by atoms with E-state index in [0.717, 1.165) is 42.8 Å². The lowest BCUT2D eigenvalue weighted by Crippen LogP contribution is -2.44. The molecule has 2 aromatic rings. The normalized spacial score (nSPS) is 18.0. The predicted octanol–water partition coefficient (Wildman–Crippen LogP) is 2.40. The number of hydrogen-bond acceptors (Lipinski definition) is 4. The van der Waals surface area contributed by atoms with Crippen LogP contribution in [-0.4, -0.2) is 46.8 Å². The first-order valence-electron chi connectivity index (χ1n) is 7.77. The van der Waals surface area contributed by atoms with Crippen LogP contribution in [0.4, 0.5) is 4.79 Å². The molecule has 2 N–H and O–H groups in total. The number of nitrogens with zero attached hydrogens (tertiary/aromatic N) is 2. The zero-order chi connectivity index (χ0) is 15.4. The average molecular weight is 319 g/mol. The molecule has 0 bridgehead atoms. The molecule has 118 valence electrons. The Bertz CT molecular complexity index is 610. The van der Waals surface area contributed by atoms with Gasteiger partial charge in [-0.2, -0.15) is 0 Å². The summed E-state index contributed by atoms with van der Waals surface area (Å²) < 4.78 is 1.21. The Morgan fingerprint density at radius 3 is 3.14 bits per heavy atom. The second kappa shape index (κ2) is 7.07. The molecular weight excluding hydrogens is 298 g/mol. The number of hydrogen-bond donors (Lipinski definition) is 2. The Labute approximate surface area is 134 Å². The molecule has 3 rings (SSSR count). The summed E-state index contributed by atoms with van der Waals surface area (Å²) in [4.78, 5) is 18.4. The second-order valence-electron chi connectivity index (χ2n) is 5.58. The van der Waals surface area contributed by atoms with E-state index in [9.17, 15) is 9.90 Å². The summed E-state index contributed by atoms with van der Waals surface area (Å²) >= 11 is 1.72. The topological polar surface area (TPSA) is 65.5 Å². The molecule has 1 atom stereocenters. The van der Waals surface area contributed by atoms with Crippen molar-refractivity contribution in [2.75, 3.05) is 19.7 Å². The molecule has 1 aromatic carbocycles. The van der Waals surface area contributed by atoms with E-state index in [1.165, 1.54) is 4.70 Å². The van der Waals surface area contributed by atoms with Crippen molar-refractivity contribution in [1.29, 1.82) is 0 Å². The Balaban J connectivity index is 1.44. The fraction of sp³-hybridized carbons (Fsp3) is 0.500. The number of aryl methyl sites for hydroxylation is 1. The van der Waals surface area contributed by atoms with E-state index in [4.69, 9.17) is 0 Å². The van der Waals surface area contributed by atoms with Gasteiger partial charge in [0.15, 0.2) is 0 Å². The van der Waals surface area contributed by atoms with E-state index < -0.39 is 0 Å². The molecule has 2 amide bonds. The number of nitrogens with one attached hydrogen (secondary N) is 1. The molecule has 0 spiro atoms. The molecule has 1 aromatic heterocycles. The SMILES string of the molecule is O=C(NCCCc1nc2ccccc2s1)N1CCCC1CO. The van der Waals surface area contributed by atoms with Gasteiger partial charge in [-0.3, -0.25) is 0 Å². The van der Waals surface area contributed by atoms with E-state index in [2.05, 4.69) is 16.4 Å². The molecule has 1 unspecified atom stereocenters. The smallest absolute Gasteiger partial charge is 0.317 e. The predicted molar refractivity (Wildman–Crippen MR) is 88.2 cm³/mol. The molecule has 1 fully saturated rings. The first-order valence-corrected chi connectivity index (χ1v) is 8.59. The van der Waals surface area contributed by atoms with E-state index in [-0.39, 0.29) is 18.7 Å². The van der Waals surface area contributed by atoms with Gasteiger partial charge in [0.1, 0.15) is 0 Å². The van der Waals surface area contributed by atoms with Crippen molar-refractivity contribution < 1.29 is 9.90 Å². The van der Waals surface area contributed by atoms with E-state index >= 15 is 0 Å². The molecule has 1 aliphatic heterocycles. The number of fused-ring (bicyclic) bond motifs is 1. The van der Waals surface area contributed by atoms with Gasteiger partial charge in [0.05, 0.1) is 27.9 Å². The van der Waals surface area contributed by atoms with Crippen LogP contribution in [0.25, 0.3) is 10.2 Å². The molecule has 0 radical (unpaired) electrons. The molecule has 6 heteroatoms. The van der Waals surface area contributed by atoms with Gasteiger partial charge >= 0.3 is 6.03 Å². The van der Waals surface area contributed by atoms with E-state index in [1.54, 1.807) is 16.2 Å². The highest BCUT2D eigenvalue weighted by molar-refractivity contribution is 7.18. The maximum absolute atomic E-state index is 12.1. The van der Waals surface area contributed by atoms with Crippen molar-refractivity contribution in [1.82, 2.24) is 15.2 Å². The van der Waals surface area contributed by atoms with Crippen molar-refractivity contribution >= 4 is 27.6 Å². The van der Waals surface area contributed by atoms with Gasteiger partial charge in [-0.15, -0.1) is 11.3 Å². The maximum Gasteiger partial charge on any atom is 0.317 e. The second-order valence-corrected chi connectivity index (χ2v) is 6.70. The van der Waals surface area contributed by atoms with Gasteiger partial charge in [0.25, 0.3) is 0 Å². The van der Waals surface area contributed by atoms with Crippen LogP contribution in [-0.2, 0) is 6.42 Å². The third-order valence-electron chi connectivity index (χ3n) is 4.03. The van der Waals surface area contributed by atoms with Gasteiger partial charge in [-0.05, 0) is 31.4 Å². The average Bonchev–Trinajstić information content (AvgIpc) is 3.16. The number of benzene rings is 1. The number of aromatic nitrogens is 1. The van der Waals surface area contributed by atoms with Crippen molar-refractivity contribution in [2.45, 2.75) is 31.7 Å². The molecule has 1 saturated heterocycles. The summed E-state index contributed by atoms with van der Waals surface area (Å²) in [5.41, 5.74) is 1.05. The Morgan fingerprint density at radius 2 is 2.32 bits per heavy atom. The quantitative estimate of drug-likeness (QED) is 0.832. The van der Waals surface area contributed by atoms with Crippen LogP contribution in [0.15, 0.2) is 24.3 Å². The Morgan fingerprint density at radius 1 is 1.45 bits per heavy atom. The number of likely N-dealkylation sites (tertiary alicyclic amines) is 1. The van der Waals surface area contributed by atoms with Crippen molar-refractivity contribution in [3.05, 3.63) is 29.3 Å². The van der Waals surface area contributed by atoms with Crippen molar-refractivity contribution in [2.24, 2.45) is 0 Å². The summed E-state index contributed by atoms with van der Waals surface area (Å²) in [6.45, 7) is 1.44. The summed E-state index contributed by atoms with van der Waals surface area (Å²) in [7, 11) is 0. The molecule has 0 saturated carbocycles. The lowest BCUT2D eigenvalue weighted by molar-refractivity contribution is 0.157. The minimum absolute atomic E-state index is 0.00994. The summed E-state index contributed by atoms with van der Waals surface area (Å²) in [5, 5.41) is 13.3. The molecule has 0 aliphatic carbocycles. The zero-order valence-corrected chi connectivity index (χ0v) is 13.3. The third-order valence-corrected chi connectivity index (χ3v) is 5.13. The van der Waals surface area contributed by atoms with Crippen LogP contribution >= 0.6 is 11.3 Å². The van der Waals surface area contributed by atoms with Gasteiger partial charge in [-0.25, -0.2) is 9.78 Å². The number of amides is 2. The number of aliphatic hydroxyl groups is 1. The number of carbonyl (C=O) groups excluding carboxylic acids is 1. The first kappa shape index (κ1) is 15.2. The van der Waals surface area contributed by atoms with Crippen LogP contribution in [0, 0.1) is 0 Å². The largest absolute Gasteiger partial charge is 0.394 e. The fourth-order valence-corrected chi connectivity index (χ4v) is 3.87. The highest BCUT2D eigenvalue weighted by atomic mass is 32.1. The number of rotatable bonds is 5. The third kappa shape index (κ3) is 3.39. The monoisotopic (exact) mass is 319 g/mol. The summed E-state index contributed by atoms with van der Waals surface area (Å²) in [5.74, 6) is 0. The summed E-state index contributed by atoms with van der Waals surface area (Å²) in [6, 6.07) is 8.07. The number of thiazole rings is 1.